The second-order valence-electron chi connectivity index (χ2n) is 15.8. The number of piperidine rings is 2. The van der Waals surface area contributed by atoms with Gasteiger partial charge in [-0.05, 0) is 56.5 Å². The average Bonchev–Trinajstić information content (AvgIpc) is 3.28. The molecule has 2 fully saturated rings. The van der Waals surface area contributed by atoms with E-state index in [1.165, 1.54) is 18.0 Å². The quantitative estimate of drug-likeness (QED) is 0.0434. The lowest BCUT2D eigenvalue weighted by atomic mass is 9.91. The fourth-order valence-corrected chi connectivity index (χ4v) is 8.23. The number of nitrogens with one attached hydrogen (secondary N) is 4. The molecule has 8 N–H and O–H groups in total. The van der Waals surface area contributed by atoms with Gasteiger partial charge in [-0.1, -0.05) is 41.6 Å². The molecule has 0 saturated carbocycles. The van der Waals surface area contributed by atoms with E-state index >= 15 is 0 Å². The van der Waals surface area contributed by atoms with E-state index in [1.54, 1.807) is 24.3 Å². The van der Waals surface area contributed by atoms with Gasteiger partial charge in [-0.15, -0.1) is 0 Å². The molecule has 350 valence electrons. The average molecular weight is 938 g/mol. The van der Waals surface area contributed by atoms with E-state index in [0.717, 1.165) is 41.3 Å². The number of aromatic nitrogens is 3. The van der Waals surface area contributed by atoms with Crippen LogP contribution < -0.4 is 43.2 Å². The number of anilines is 4. The topological polar surface area (TPSA) is 256 Å². The SMILES string of the molecule is CC1(N)CCN(c2ccc(Sc3cccc(NC(=O)CCC(=O)NCCOCCOCCOCCOCCNc4cccc5cnn(C6CCC(=O)NC6=O)c(=O)c45)c3Cl)c(N)n2)CC1. The molecule has 2 aromatic heterocycles. The van der Waals surface area contributed by atoms with Crippen molar-refractivity contribution in [3.05, 3.63) is 70.1 Å². The zero-order valence-corrected chi connectivity index (χ0v) is 38.0. The van der Waals surface area contributed by atoms with Gasteiger partial charge in [-0.2, -0.15) is 5.10 Å². The number of ether oxygens (including phenoxy) is 4. The molecule has 19 nitrogen and oxygen atoms in total. The first-order valence-corrected chi connectivity index (χ1v) is 22.8. The van der Waals surface area contributed by atoms with Crippen molar-refractivity contribution in [3.8, 4) is 0 Å². The van der Waals surface area contributed by atoms with Gasteiger partial charge in [0.05, 0.1) is 80.0 Å². The minimum absolute atomic E-state index is 0.00122. The first-order valence-electron chi connectivity index (χ1n) is 21.6. The number of halogens is 1. The predicted octanol–water partition coefficient (Wildman–Crippen LogP) is 3.49. The molecule has 4 heterocycles. The van der Waals surface area contributed by atoms with E-state index in [2.05, 4.69) is 43.2 Å². The maximum atomic E-state index is 13.3. The van der Waals surface area contributed by atoms with Gasteiger partial charge in [0.15, 0.2) is 0 Å². The van der Waals surface area contributed by atoms with Crippen molar-refractivity contribution in [2.45, 2.75) is 66.8 Å². The third kappa shape index (κ3) is 14.6. The molecule has 21 heteroatoms. The maximum Gasteiger partial charge on any atom is 0.277 e. The van der Waals surface area contributed by atoms with Crippen LogP contribution in [0.4, 0.5) is 23.0 Å². The molecule has 1 atom stereocenters. The number of nitrogen functional groups attached to an aromatic ring is 1. The minimum Gasteiger partial charge on any atom is -0.383 e. The smallest absolute Gasteiger partial charge is 0.277 e. The number of nitrogens with two attached hydrogens (primary N) is 2. The highest BCUT2D eigenvalue weighted by Gasteiger charge is 2.30. The van der Waals surface area contributed by atoms with Crippen LogP contribution in [0.25, 0.3) is 10.8 Å². The molecular weight excluding hydrogens is 880 g/mol. The molecule has 1 unspecified atom stereocenters. The summed E-state index contributed by atoms with van der Waals surface area (Å²) in [5.41, 5.74) is 13.1. The van der Waals surface area contributed by atoms with Crippen molar-refractivity contribution in [2.75, 3.05) is 100 Å². The number of carbonyl (C=O) groups excluding carboxylic acids is 4. The Morgan fingerprint density at radius 1 is 0.862 bits per heavy atom. The number of pyridine rings is 1. The van der Waals surface area contributed by atoms with Gasteiger partial charge in [-0.25, -0.2) is 9.67 Å². The van der Waals surface area contributed by atoms with Crippen LogP contribution in [-0.2, 0) is 38.1 Å². The lowest BCUT2D eigenvalue weighted by Crippen LogP contribution is -2.48. The third-order valence-corrected chi connectivity index (χ3v) is 12.4. The molecule has 4 aromatic rings. The van der Waals surface area contributed by atoms with Gasteiger partial charge in [0.2, 0.25) is 17.7 Å². The number of hydrogen-bond acceptors (Lipinski definition) is 16. The highest BCUT2D eigenvalue weighted by Crippen LogP contribution is 2.40. The monoisotopic (exact) mass is 936 g/mol. The van der Waals surface area contributed by atoms with Crippen LogP contribution in [-0.4, -0.2) is 123 Å². The number of rotatable bonds is 24. The minimum atomic E-state index is -0.846. The van der Waals surface area contributed by atoms with Gasteiger partial charge in [0, 0.05) is 66.9 Å². The van der Waals surface area contributed by atoms with Crippen LogP contribution in [0.1, 0.15) is 51.5 Å². The molecule has 0 bridgehead atoms. The Morgan fingerprint density at radius 3 is 2.20 bits per heavy atom. The maximum absolute atomic E-state index is 13.3. The molecule has 4 amide bonds. The van der Waals surface area contributed by atoms with E-state index in [4.69, 9.17) is 42.0 Å². The second-order valence-corrected chi connectivity index (χ2v) is 17.3. The zero-order valence-electron chi connectivity index (χ0n) is 36.4. The molecule has 2 saturated heterocycles. The highest BCUT2D eigenvalue weighted by molar-refractivity contribution is 7.99. The number of amides is 4. The standard InChI is InChI=1S/C44H57ClN10O9S/c1-44(47)14-18-54(19-15-44)35-10-9-34(41(46)52-35)65-33-7-3-6-31(40(33)45)51-37(57)13-12-36(56)49-17-21-62-23-25-64-27-26-63-24-22-61-20-16-48-30-5-2-4-29-28-50-55(43(60)39(29)30)32-8-11-38(58)53-42(32)59/h2-7,9-10,28,32,48H,8,11-27,47H2,1H3,(H2,46,52)(H,49,56)(H,51,57)(H,53,58,59). The number of carbonyl (C=O) groups is 4. The van der Waals surface area contributed by atoms with Crippen LogP contribution in [0.3, 0.4) is 0 Å². The van der Waals surface area contributed by atoms with E-state index in [-0.39, 0.29) is 62.1 Å². The fraction of sp³-hybridized carbons (Fsp3) is 0.477. The van der Waals surface area contributed by atoms with Crippen molar-refractivity contribution < 1.29 is 38.1 Å². The van der Waals surface area contributed by atoms with Crippen LogP contribution >= 0.6 is 23.4 Å². The molecule has 2 aliphatic heterocycles. The predicted molar refractivity (Wildman–Crippen MR) is 248 cm³/mol. The molecule has 2 aromatic carbocycles. The van der Waals surface area contributed by atoms with Gasteiger partial charge < -0.3 is 51.3 Å². The number of nitrogens with zero attached hydrogens (tertiary/aromatic N) is 4. The van der Waals surface area contributed by atoms with Gasteiger partial charge in [-0.3, -0.25) is 29.3 Å². The Kier molecular flexibility index (Phi) is 18.3. The zero-order chi connectivity index (χ0) is 46.2. The molecule has 0 spiro atoms. The summed E-state index contributed by atoms with van der Waals surface area (Å²) in [4.78, 5) is 70.5. The summed E-state index contributed by atoms with van der Waals surface area (Å²) in [6, 6.07) is 13.7. The third-order valence-electron chi connectivity index (χ3n) is 10.7. The number of hydrogen-bond donors (Lipinski definition) is 6. The van der Waals surface area contributed by atoms with Crippen LogP contribution in [0.2, 0.25) is 5.02 Å². The summed E-state index contributed by atoms with van der Waals surface area (Å²) < 4.78 is 23.4. The highest BCUT2D eigenvalue weighted by atomic mass is 35.5. The normalized spacial score (nSPS) is 16.0. The van der Waals surface area contributed by atoms with E-state index in [0.29, 0.717) is 90.7 Å². The second kappa shape index (κ2) is 24.3. The number of benzene rings is 2. The Labute approximate surface area is 386 Å². The number of imide groups is 1. The molecule has 2 aliphatic rings. The van der Waals surface area contributed by atoms with E-state index < -0.39 is 17.5 Å². The van der Waals surface area contributed by atoms with Gasteiger partial charge >= 0.3 is 0 Å². The van der Waals surface area contributed by atoms with Crippen molar-refractivity contribution in [1.29, 1.82) is 0 Å². The lowest BCUT2D eigenvalue weighted by molar-refractivity contribution is -0.136. The Balaban J connectivity index is 0.759. The van der Waals surface area contributed by atoms with Crippen molar-refractivity contribution in [1.82, 2.24) is 25.4 Å². The first kappa shape index (κ1) is 49.1. The Hall–Kier alpha value is -5.35. The molecule has 0 radical (unpaired) electrons. The summed E-state index contributed by atoms with van der Waals surface area (Å²) in [7, 11) is 0. The van der Waals surface area contributed by atoms with Crippen LogP contribution in [0, 0.1) is 0 Å². The van der Waals surface area contributed by atoms with E-state index in [9.17, 15) is 24.0 Å². The van der Waals surface area contributed by atoms with Crippen LogP contribution in [0.15, 0.2) is 69.3 Å². The summed E-state index contributed by atoms with van der Waals surface area (Å²) in [5.74, 6) is -0.320. The molecule has 6 rings (SSSR count). The lowest BCUT2D eigenvalue weighted by Gasteiger charge is -2.37. The van der Waals surface area contributed by atoms with Crippen molar-refractivity contribution in [3.63, 3.8) is 0 Å². The van der Waals surface area contributed by atoms with Crippen molar-refractivity contribution >= 4 is 80.8 Å². The summed E-state index contributed by atoms with van der Waals surface area (Å²) in [6.45, 7) is 7.25. The molecule has 65 heavy (non-hydrogen) atoms. The molecule has 0 aliphatic carbocycles. The van der Waals surface area contributed by atoms with Gasteiger partial charge in [0.1, 0.15) is 17.7 Å². The van der Waals surface area contributed by atoms with E-state index in [1.807, 2.05) is 24.3 Å². The summed E-state index contributed by atoms with van der Waals surface area (Å²) in [6.07, 6.45) is 3.62. The Bertz CT molecular complexity index is 2340. The van der Waals surface area contributed by atoms with Crippen molar-refractivity contribution in [2.24, 2.45) is 5.73 Å². The molecular formula is C44H57ClN10O9S. The van der Waals surface area contributed by atoms with Gasteiger partial charge in [0.25, 0.3) is 11.5 Å². The Morgan fingerprint density at radius 2 is 1.51 bits per heavy atom. The fourth-order valence-electron chi connectivity index (χ4n) is 7.07. The summed E-state index contributed by atoms with van der Waals surface area (Å²) >= 11 is 8.04. The first-order chi connectivity index (χ1) is 31.4. The summed E-state index contributed by atoms with van der Waals surface area (Å²) in [5, 5.41) is 16.6. The number of fused-ring (bicyclic) bond motifs is 1. The largest absolute Gasteiger partial charge is 0.383 e. The van der Waals surface area contributed by atoms with Crippen LogP contribution in [0.5, 0.6) is 0 Å².